The van der Waals surface area contributed by atoms with Crippen molar-refractivity contribution >= 4 is 5.97 Å². The predicted molar refractivity (Wildman–Crippen MR) is 84.4 cm³/mol. The van der Waals surface area contributed by atoms with E-state index in [1.54, 1.807) is 18.2 Å². The maximum absolute atomic E-state index is 12.0. The first kappa shape index (κ1) is 18.5. The molecule has 22 heavy (non-hydrogen) atoms. The van der Waals surface area contributed by atoms with Gasteiger partial charge < -0.3 is 18.9 Å². The van der Waals surface area contributed by atoms with Crippen LogP contribution in [0.5, 0.6) is 5.75 Å². The van der Waals surface area contributed by atoms with Crippen molar-refractivity contribution < 1.29 is 23.7 Å². The molecule has 5 nitrogen and oxygen atoms in total. The molecule has 1 aromatic carbocycles. The second-order valence-electron chi connectivity index (χ2n) is 4.64. The molecule has 1 aromatic rings. The van der Waals surface area contributed by atoms with Gasteiger partial charge in [-0.05, 0) is 25.5 Å². The van der Waals surface area contributed by atoms with Crippen molar-refractivity contribution in [3.05, 3.63) is 29.8 Å². The van der Waals surface area contributed by atoms with Crippen LogP contribution in [0.2, 0.25) is 0 Å². The normalized spacial score (nSPS) is 10.5. The number of unbranched alkanes of at least 4 members (excludes halogenated alkanes) is 1. The molecule has 1 rings (SSSR count). The molecule has 0 amide bonds. The molecule has 0 aliphatic carbocycles. The molecule has 0 saturated carbocycles. The van der Waals surface area contributed by atoms with E-state index >= 15 is 0 Å². The number of rotatable bonds is 12. The number of carbonyl (C=O) groups excluding carboxylic acids is 1. The van der Waals surface area contributed by atoms with Gasteiger partial charge in [-0.3, -0.25) is 0 Å². The Hall–Kier alpha value is -1.59. The van der Waals surface area contributed by atoms with Gasteiger partial charge in [0.15, 0.2) is 0 Å². The number of ether oxygens (including phenoxy) is 4. The summed E-state index contributed by atoms with van der Waals surface area (Å²) in [5, 5.41) is 0. The maximum Gasteiger partial charge on any atom is 0.342 e. The third-order valence-corrected chi connectivity index (χ3v) is 2.88. The second-order valence-corrected chi connectivity index (χ2v) is 4.64. The molecule has 0 aliphatic heterocycles. The minimum Gasteiger partial charge on any atom is -0.493 e. The lowest BCUT2D eigenvalue weighted by molar-refractivity contribution is 0.0141. The highest BCUT2D eigenvalue weighted by Gasteiger charge is 2.12. The van der Waals surface area contributed by atoms with E-state index < -0.39 is 5.97 Å². The number of esters is 1. The molecule has 0 unspecified atom stereocenters. The summed E-state index contributed by atoms with van der Waals surface area (Å²) in [7, 11) is 0. The lowest BCUT2D eigenvalue weighted by Gasteiger charge is -2.10. The fourth-order valence-electron chi connectivity index (χ4n) is 1.76. The SMILES string of the molecule is CCCCOCCOCCOC(=O)c1ccccc1OCC. The number of hydrogen-bond donors (Lipinski definition) is 0. The van der Waals surface area contributed by atoms with Crippen molar-refractivity contribution in [1.82, 2.24) is 0 Å². The van der Waals surface area contributed by atoms with Gasteiger partial charge in [0.1, 0.15) is 17.9 Å². The highest BCUT2D eigenvalue weighted by molar-refractivity contribution is 5.92. The molecule has 0 fully saturated rings. The maximum atomic E-state index is 12.0. The zero-order chi connectivity index (χ0) is 16.0. The minimum atomic E-state index is -0.396. The van der Waals surface area contributed by atoms with Crippen LogP contribution in [0.4, 0.5) is 0 Å². The topological polar surface area (TPSA) is 54.0 Å². The van der Waals surface area contributed by atoms with Gasteiger partial charge in [-0.25, -0.2) is 4.79 Å². The van der Waals surface area contributed by atoms with Crippen LogP contribution in [-0.2, 0) is 14.2 Å². The fraction of sp³-hybridized carbons (Fsp3) is 0.588. The summed E-state index contributed by atoms with van der Waals surface area (Å²) < 4.78 is 21.3. The molecule has 0 aliphatic rings. The second kappa shape index (κ2) is 12.0. The van der Waals surface area contributed by atoms with Crippen LogP contribution in [0, 0.1) is 0 Å². The van der Waals surface area contributed by atoms with Crippen LogP contribution in [-0.4, -0.2) is 45.6 Å². The standard InChI is InChI=1S/C17H26O5/c1-3-5-10-19-11-12-20-13-14-22-17(18)15-8-6-7-9-16(15)21-4-2/h6-9H,3-5,10-14H2,1-2H3. The Morgan fingerprint density at radius 3 is 2.36 bits per heavy atom. The van der Waals surface area contributed by atoms with Gasteiger partial charge in [0.05, 0.1) is 26.4 Å². The molecule has 0 saturated heterocycles. The monoisotopic (exact) mass is 310 g/mol. The largest absolute Gasteiger partial charge is 0.493 e. The molecule has 0 spiro atoms. The molecule has 5 heteroatoms. The number of para-hydroxylation sites is 1. The van der Waals surface area contributed by atoms with Crippen molar-refractivity contribution in [3.8, 4) is 5.75 Å². The summed E-state index contributed by atoms with van der Waals surface area (Å²) in [6, 6.07) is 7.05. The van der Waals surface area contributed by atoms with E-state index in [1.165, 1.54) is 0 Å². The Morgan fingerprint density at radius 2 is 1.64 bits per heavy atom. The molecular weight excluding hydrogens is 284 g/mol. The molecule has 0 aromatic heterocycles. The van der Waals surface area contributed by atoms with Crippen LogP contribution < -0.4 is 4.74 Å². The van der Waals surface area contributed by atoms with Crippen LogP contribution in [0.3, 0.4) is 0 Å². The van der Waals surface area contributed by atoms with Crippen molar-refractivity contribution in [3.63, 3.8) is 0 Å². The lowest BCUT2D eigenvalue weighted by atomic mass is 10.2. The van der Waals surface area contributed by atoms with Crippen LogP contribution in [0.25, 0.3) is 0 Å². The Labute approximate surface area is 132 Å². The Balaban J connectivity index is 2.16. The van der Waals surface area contributed by atoms with Crippen molar-refractivity contribution in [1.29, 1.82) is 0 Å². The third-order valence-electron chi connectivity index (χ3n) is 2.88. The van der Waals surface area contributed by atoms with Gasteiger partial charge >= 0.3 is 5.97 Å². The average Bonchev–Trinajstić information content (AvgIpc) is 2.54. The Morgan fingerprint density at radius 1 is 0.955 bits per heavy atom. The van der Waals surface area contributed by atoms with E-state index in [1.807, 2.05) is 13.0 Å². The summed E-state index contributed by atoms with van der Waals surface area (Å²) >= 11 is 0. The number of hydrogen-bond acceptors (Lipinski definition) is 5. The van der Waals surface area contributed by atoms with Crippen molar-refractivity contribution in [2.24, 2.45) is 0 Å². The first-order valence-corrected chi connectivity index (χ1v) is 7.84. The zero-order valence-electron chi connectivity index (χ0n) is 13.5. The molecule has 0 heterocycles. The molecular formula is C17H26O5. The third kappa shape index (κ3) is 7.43. The highest BCUT2D eigenvalue weighted by Crippen LogP contribution is 2.18. The summed E-state index contributed by atoms with van der Waals surface area (Å²) in [4.78, 5) is 12.0. The van der Waals surface area contributed by atoms with Gasteiger partial charge in [0, 0.05) is 6.61 Å². The average molecular weight is 310 g/mol. The zero-order valence-corrected chi connectivity index (χ0v) is 13.5. The smallest absolute Gasteiger partial charge is 0.342 e. The van der Waals surface area contributed by atoms with E-state index in [0.717, 1.165) is 19.4 Å². The number of carbonyl (C=O) groups is 1. The van der Waals surface area contributed by atoms with Crippen LogP contribution in [0.1, 0.15) is 37.0 Å². The van der Waals surface area contributed by atoms with Gasteiger partial charge in [-0.2, -0.15) is 0 Å². The van der Waals surface area contributed by atoms with E-state index in [-0.39, 0.29) is 6.61 Å². The van der Waals surface area contributed by atoms with E-state index in [2.05, 4.69) is 6.92 Å². The van der Waals surface area contributed by atoms with E-state index in [0.29, 0.717) is 37.7 Å². The summed E-state index contributed by atoms with van der Waals surface area (Å²) in [6.07, 6.45) is 2.19. The van der Waals surface area contributed by atoms with Crippen LogP contribution >= 0.6 is 0 Å². The van der Waals surface area contributed by atoms with Gasteiger partial charge in [0.25, 0.3) is 0 Å². The molecule has 0 N–H and O–H groups in total. The molecule has 124 valence electrons. The highest BCUT2D eigenvalue weighted by atomic mass is 16.6. The summed E-state index contributed by atoms with van der Waals surface area (Å²) in [5.74, 6) is 0.145. The predicted octanol–water partition coefficient (Wildman–Crippen LogP) is 3.08. The summed E-state index contributed by atoms with van der Waals surface area (Å²) in [6.45, 7) is 6.93. The van der Waals surface area contributed by atoms with Gasteiger partial charge in [0.2, 0.25) is 0 Å². The van der Waals surface area contributed by atoms with Crippen molar-refractivity contribution in [2.75, 3.05) is 39.6 Å². The van der Waals surface area contributed by atoms with Gasteiger partial charge in [-0.15, -0.1) is 0 Å². The molecule has 0 bridgehead atoms. The first-order chi connectivity index (χ1) is 10.8. The number of benzene rings is 1. The lowest BCUT2D eigenvalue weighted by Crippen LogP contribution is -2.14. The fourth-order valence-corrected chi connectivity index (χ4v) is 1.76. The van der Waals surface area contributed by atoms with Gasteiger partial charge in [-0.1, -0.05) is 25.5 Å². The molecule has 0 radical (unpaired) electrons. The van der Waals surface area contributed by atoms with E-state index in [4.69, 9.17) is 18.9 Å². The van der Waals surface area contributed by atoms with E-state index in [9.17, 15) is 4.79 Å². The first-order valence-electron chi connectivity index (χ1n) is 7.84. The Kier molecular flexibility index (Phi) is 10.1. The summed E-state index contributed by atoms with van der Waals surface area (Å²) in [5.41, 5.74) is 0.437. The van der Waals surface area contributed by atoms with Crippen molar-refractivity contribution in [2.45, 2.75) is 26.7 Å². The minimum absolute atomic E-state index is 0.217. The Bertz CT molecular complexity index is 419. The van der Waals surface area contributed by atoms with Crippen LogP contribution in [0.15, 0.2) is 24.3 Å². The quantitative estimate of drug-likeness (QED) is 0.439. The molecule has 0 atom stereocenters.